The standard InChI is InChI=1S/C16H14N6O3S2/c1-2-25-10-5-6-11-12(8-10)27-15(17-11)18-13(23)9-21-16(24)22(20-19-21)14-4-3-7-26-14/h3-8H,2,9H2,1H3,(H,17,18,23). The van der Waals surface area contributed by atoms with Gasteiger partial charge in [0.2, 0.25) is 5.91 Å². The highest BCUT2D eigenvalue weighted by molar-refractivity contribution is 7.22. The molecule has 0 aliphatic rings. The predicted molar refractivity (Wildman–Crippen MR) is 103 cm³/mol. The van der Waals surface area contributed by atoms with Crippen molar-refractivity contribution in [2.75, 3.05) is 11.9 Å². The third-order valence-electron chi connectivity index (χ3n) is 3.56. The minimum absolute atomic E-state index is 0.246. The van der Waals surface area contributed by atoms with Gasteiger partial charge in [-0.15, -0.1) is 11.3 Å². The van der Waals surface area contributed by atoms with Crippen molar-refractivity contribution in [2.24, 2.45) is 0 Å². The average molecular weight is 402 g/mol. The maximum absolute atomic E-state index is 12.3. The number of anilines is 1. The highest BCUT2D eigenvalue weighted by atomic mass is 32.1. The number of tetrazole rings is 1. The molecular weight excluding hydrogens is 388 g/mol. The number of nitrogens with one attached hydrogen (secondary N) is 1. The number of amides is 1. The van der Waals surface area contributed by atoms with Crippen LogP contribution in [0.4, 0.5) is 5.13 Å². The zero-order valence-corrected chi connectivity index (χ0v) is 15.8. The molecule has 0 aliphatic carbocycles. The Bertz CT molecular complexity index is 1140. The lowest BCUT2D eigenvalue weighted by molar-refractivity contribution is -0.117. The van der Waals surface area contributed by atoms with Crippen LogP contribution in [0.3, 0.4) is 0 Å². The van der Waals surface area contributed by atoms with E-state index in [1.54, 1.807) is 6.07 Å². The Morgan fingerprint density at radius 3 is 2.96 bits per heavy atom. The Kier molecular flexibility index (Phi) is 4.69. The van der Waals surface area contributed by atoms with Gasteiger partial charge in [-0.05, 0) is 53.1 Å². The fraction of sp³-hybridized carbons (Fsp3) is 0.188. The Balaban J connectivity index is 1.48. The van der Waals surface area contributed by atoms with Gasteiger partial charge in [-0.3, -0.25) is 4.79 Å². The van der Waals surface area contributed by atoms with Gasteiger partial charge in [0.1, 0.15) is 17.3 Å². The first-order valence-corrected chi connectivity index (χ1v) is 9.73. The molecule has 0 bridgehead atoms. The molecule has 4 rings (SSSR count). The summed E-state index contributed by atoms with van der Waals surface area (Å²) in [7, 11) is 0. The van der Waals surface area contributed by atoms with E-state index in [-0.39, 0.29) is 6.54 Å². The number of carbonyl (C=O) groups is 1. The second kappa shape index (κ2) is 7.29. The summed E-state index contributed by atoms with van der Waals surface area (Å²) in [6.07, 6.45) is 0. The molecule has 1 amide bonds. The number of rotatable bonds is 6. The summed E-state index contributed by atoms with van der Waals surface area (Å²) in [5, 5.41) is 13.2. The van der Waals surface area contributed by atoms with Crippen LogP contribution in [0.2, 0.25) is 0 Å². The molecule has 4 aromatic rings. The normalized spacial score (nSPS) is 11.0. The number of hydrogen-bond donors (Lipinski definition) is 1. The van der Waals surface area contributed by atoms with Crippen LogP contribution in [-0.4, -0.2) is 37.3 Å². The first-order chi connectivity index (χ1) is 13.1. The minimum Gasteiger partial charge on any atom is -0.494 e. The molecule has 0 atom stereocenters. The summed E-state index contributed by atoms with van der Waals surface area (Å²) in [5.74, 6) is 0.350. The molecule has 0 unspecified atom stereocenters. The molecule has 0 spiro atoms. The molecule has 11 heteroatoms. The highest BCUT2D eigenvalue weighted by Gasteiger charge is 2.14. The van der Waals surface area contributed by atoms with E-state index >= 15 is 0 Å². The second-order valence-electron chi connectivity index (χ2n) is 5.41. The van der Waals surface area contributed by atoms with Crippen molar-refractivity contribution in [3.8, 4) is 10.8 Å². The molecule has 0 saturated carbocycles. The van der Waals surface area contributed by atoms with Crippen molar-refractivity contribution < 1.29 is 9.53 Å². The molecular formula is C16H14N6O3S2. The van der Waals surface area contributed by atoms with Gasteiger partial charge in [-0.1, -0.05) is 11.3 Å². The van der Waals surface area contributed by atoms with Crippen molar-refractivity contribution in [2.45, 2.75) is 13.5 Å². The van der Waals surface area contributed by atoms with Crippen molar-refractivity contribution in [3.05, 3.63) is 46.2 Å². The van der Waals surface area contributed by atoms with E-state index in [9.17, 15) is 9.59 Å². The zero-order chi connectivity index (χ0) is 18.8. The van der Waals surface area contributed by atoms with Crippen LogP contribution in [0, 0.1) is 0 Å². The van der Waals surface area contributed by atoms with Gasteiger partial charge in [-0.2, -0.15) is 9.36 Å². The zero-order valence-electron chi connectivity index (χ0n) is 14.2. The Hall–Kier alpha value is -3.05. The van der Waals surface area contributed by atoms with E-state index in [4.69, 9.17) is 4.74 Å². The van der Waals surface area contributed by atoms with E-state index in [0.29, 0.717) is 16.7 Å². The quantitative estimate of drug-likeness (QED) is 0.530. The van der Waals surface area contributed by atoms with Gasteiger partial charge < -0.3 is 10.1 Å². The van der Waals surface area contributed by atoms with E-state index in [1.165, 1.54) is 22.7 Å². The number of thiophene rings is 1. The highest BCUT2D eigenvalue weighted by Crippen LogP contribution is 2.29. The predicted octanol–water partition coefficient (Wildman–Crippen LogP) is 2.14. The summed E-state index contributed by atoms with van der Waals surface area (Å²) < 4.78 is 8.53. The monoisotopic (exact) mass is 402 g/mol. The third-order valence-corrected chi connectivity index (χ3v) is 5.34. The smallest absolute Gasteiger partial charge is 0.369 e. The molecule has 3 aromatic heterocycles. The molecule has 27 heavy (non-hydrogen) atoms. The lowest BCUT2D eigenvalue weighted by Crippen LogP contribution is -2.29. The molecule has 1 aromatic carbocycles. The molecule has 0 saturated heterocycles. The summed E-state index contributed by atoms with van der Waals surface area (Å²) in [6, 6.07) is 9.11. The van der Waals surface area contributed by atoms with Crippen LogP contribution in [-0.2, 0) is 11.3 Å². The first-order valence-electron chi connectivity index (χ1n) is 8.04. The maximum Gasteiger partial charge on any atom is 0.369 e. The minimum atomic E-state index is -0.474. The Labute approximate surface area is 160 Å². The number of thiazole rings is 1. The lowest BCUT2D eigenvalue weighted by Gasteiger charge is -2.00. The van der Waals surface area contributed by atoms with E-state index in [1.807, 2.05) is 36.6 Å². The van der Waals surface area contributed by atoms with Crippen molar-refractivity contribution in [1.29, 1.82) is 0 Å². The van der Waals surface area contributed by atoms with Crippen LogP contribution in [0.25, 0.3) is 15.2 Å². The molecule has 3 heterocycles. The average Bonchev–Trinajstić information content (AvgIpc) is 3.36. The first kappa shape index (κ1) is 17.4. The molecule has 0 radical (unpaired) electrons. The Morgan fingerprint density at radius 1 is 1.30 bits per heavy atom. The number of ether oxygens (including phenoxy) is 1. The number of nitrogens with zero attached hydrogens (tertiary/aromatic N) is 5. The summed E-state index contributed by atoms with van der Waals surface area (Å²) in [5.41, 5.74) is 0.290. The molecule has 138 valence electrons. The Morgan fingerprint density at radius 2 is 2.19 bits per heavy atom. The van der Waals surface area contributed by atoms with Crippen LogP contribution >= 0.6 is 22.7 Å². The van der Waals surface area contributed by atoms with Crippen LogP contribution in [0.15, 0.2) is 40.5 Å². The van der Waals surface area contributed by atoms with Gasteiger partial charge in [0.25, 0.3) is 0 Å². The van der Waals surface area contributed by atoms with E-state index in [0.717, 1.165) is 25.3 Å². The van der Waals surface area contributed by atoms with Crippen molar-refractivity contribution >= 4 is 43.9 Å². The molecule has 9 nitrogen and oxygen atoms in total. The number of carbonyl (C=O) groups excluding carboxylic acids is 1. The van der Waals surface area contributed by atoms with Crippen LogP contribution < -0.4 is 15.7 Å². The number of hydrogen-bond acceptors (Lipinski definition) is 8. The second-order valence-corrected chi connectivity index (χ2v) is 7.37. The van der Waals surface area contributed by atoms with Gasteiger partial charge >= 0.3 is 5.69 Å². The fourth-order valence-electron chi connectivity index (χ4n) is 2.41. The van der Waals surface area contributed by atoms with Crippen molar-refractivity contribution in [3.63, 3.8) is 0 Å². The fourth-order valence-corrected chi connectivity index (χ4v) is 3.99. The van der Waals surface area contributed by atoms with Crippen molar-refractivity contribution in [1.82, 2.24) is 24.8 Å². The van der Waals surface area contributed by atoms with Gasteiger partial charge in [-0.25, -0.2) is 9.78 Å². The van der Waals surface area contributed by atoms with E-state index < -0.39 is 11.6 Å². The number of aromatic nitrogens is 5. The van der Waals surface area contributed by atoms with E-state index in [2.05, 4.69) is 20.7 Å². The third kappa shape index (κ3) is 3.59. The molecule has 0 fully saturated rings. The summed E-state index contributed by atoms with van der Waals surface area (Å²) in [6.45, 7) is 2.25. The number of benzene rings is 1. The topological polar surface area (TPSA) is 104 Å². The van der Waals surface area contributed by atoms with Crippen LogP contribution in [0.5, 0.6) is 5.75 Å². The van der Waals surface area contributed by atoms with Crippen LogP contribution in [0.1, 0.15) is 6.92 Å². The summed E-state index contributed by atoms with van der Waals surface area (Å²) in [4.78, 5) is 28.9. The SMILES string of the molecule is CCOc1ccc2nc(NC(=O)Cn3nnn(-c4cccs4)c3=O)sc2c1. The number of fused-ring (bicyclic) bond motifs is 1. The van der Waals surface area contributed by atoms with Gasteiger partial charge in [0.15, 0.2) is 5.13 Å². The van der Waals surface area contributed by atoms with Gasteiger partial charge in [0.05, 0.1) is 16.8 Å². The maximum atomic E-state index is 12.3. The molecule has 0 aliphatic heterocycles. The lowest BCUT2D eigenvalue weighted by atomic mass is 10.3. The largest absolute Gasteiger partial charge is 0.494 e. The summed E-state index contributed by atoms with van der Waals surface area (Å²) >= 11 is 2.69. The van der Waals surface area contributed by atoms with Gasteiger partial charge in [0, 0.05) is 0 Å². The molecule has 1 N–H and O–H groups in total.